The molecule has 0 aliphatic heterocycles. The molecule has 0 spiro atoms. The average Bonchev–Trinajstić information content (AvgIpc) is 2.32. The van der Waals surface area contributed by atoms with E-state index in [0.29, 0.717) is 10.8 Å². The van der Waals surface area contributed by atoms with E-state index in [4.69, 9.17) is 21.1 Å². The van der Waals surface area contributed by atoms with Gasteiger partial charge in [0.15, 0.2) is 0 Å². The van der Waals surface area contributed by atoms with Crippen LogP contribution in [0.1, 0.15) is 0 Å². The lowest BCUT2D eigenvalue weighted by Crippen LogP contribution is -1.91. The molecule has 2 aromatic rings. The predicted octanol–water partition coefficient (Wildman–Crippen LogP) is 4.75. The molecule has 2 rings (SSSR count). The zero-order valence-electron chi connectivity index (χ0n) is 9.11. The van der Waals surface area contributed by atoms with Gasteiger partial charge in [-0.2, -0.15) is 0 Å². The van der Waals surface area contributed by atoms with Gasteiger partial charge in [-0.25, -0.2) is 0 Å². The second-order valence-electron chi connectivity index (χ2n) is 3.33. The fourth-order valence-corrected chi connectivity index (χ4v) is 2.25. The Labute approximate surface area is 119 Å². The van der Waals surface area contributed by atoms with Crippen LogP contribution in [-0.2, 0) is 0 Å². The molecule has 0 unspecified atom stereocenters. The highest BCUT2D eigenvalue weighted by molar-refractivity contribution is 14.1. The Morgan fingerprint density at radius 1 is 1.06 bits per heavy atom. The van der Waals surface area contributed by atoms with Crippen molar-refractivity contribution >= 4 is 34.2 Å². The molecule has 17 heavy (non-hydrogen) atoms. The number of halogens is 2. The van der Waals surface area contributed by atoms with Crippen molar-refractivity contribution < 1.29 is 9.47 Å². The quantitative estimate of drug-likeness (QED) is 0.736. The minimum atomic E-state index is 0.653. The van der Waals surface area contributed by atoms with E-state index in [2.05, 4.69) is 22.6 Å². The molecule has 0 N–H and O–H groups in total. The molecule has 0 aromatic heterocycles. The smallest absolute Gasteiger partial charge is 0.144 e. The van der Waals surface area contributed by atoms with Crippen molar-refractivity contribution in [2.45, 2.75) is 0 Å². The number of methoxy groups -OCH3 is 1. The Morgan fingerprint density at radius 2 is 1.76 bits per heavy atom. The zero-order valence-corrected chi connectivity index (χ0v) is 12.0. The normalized spacial score (nSPS) is 10.1. The van der Waals surface area contributed by atoms with Crippen LogP contribution in [0, 0.1) is 3.57 Å². The van der Waals surface area contributed by atoms with Gasteiger partial charge in [-0.15, -0.1) is 0 Å². The molecule has 88 valence electrons. The Morgan fingerprint density at radius 3 is 2.47 bits per heavy atom. The molecule has 0 amide bonds. The van der Waals surface area contributed by atoms with Crippen molar-refractivity contribution in [3.05, 3.63) is 51.1 Å². The molecular formula is C13H10ClIO2. The largest absolute Gasteiger partial charge is 0.496 e. The maximum Gasteiger partial charge on any atom is 0.144 e. The highest BCUT2D eigenvalue weighted by atomic mass is 127. The summed E-state index contributed by atoms with van der Waals surface area (Å²) in [6.07, 6.45) is 0. The van der Waals surface area contributed by atoms with Crippen molar-refractivity contribution in [1.29, 1.82) is 0 Å². The molecular weight excluding hydrogens is 350 g/mol. The van der Waals surface area contributed by atoms with E-state index in [1.54, 1.807) is 13.2 Å². The Balaban J connectivity index is 2.30. The molecule has 0 bridgehead atoms. The van der Waals surface area contributed by atoms with Crippen molar-refractivity contribution in [1.82, 2.24) is 0 Å². The van der Waals surface area contributed by atoms with Gasteiger partial charge >= 0.3 is 0 Å². The summed E-state index contributed by atoms with van der Waals surface area (Å²) in [7, 11) is 1.64. The van der Waals surface area contributed by atoms with Gasteiger partial charge in [0, 0.05) is 5.02 Å². The molecule has 0 heterocycles. The van der Waals surface area contributed by atoms with E-state index < -0.39 is 0 Å². The highest BCUT2D eigenvalue weighted by Gasteiger charge is 2.07. The highest BCUT2D eigenvalue weighted by Crippen LogP contribution is 2.33. The Kier molecular flexibility index (Phi) is 4.12. The third-order valence-electron chi connectivity index (χ3n) is 2.17. The summed E-state index contributed by atoms with van der Waals surface area (Å²) in [5, 5.41) is 0.653. The van der Waals surface area contributed by atoms with E-state index >= 15 is 0 Å². The molecule has 0 aliphatic carbocycles. The first-order valence-electron chi connectivity index (χ1n) is 4.96. The third-order valence-corrected chi connectivity index (χ3v) is 3.47. The van der Waals surface area contributed by atoms with E-state index in [1.165, 1.54) is 0 Å². The van der Waals surface area contributed by atoms with E-state index in [1.807, 2.05) is 36.4 Å². The van der Waals surface area contributed by atoms with Crippen LogP contribution in [0.15, 0.2) is 42.5 Å². The van der Waals surface area contributed by atoms with Gasteiger partial charge in [0.05, 0.1) is 10.7 Å². The second kappa shape index (κ2) is 5.60. The van der Waals surface area contributed by atoms with Crippen LogP contribution in [0.4, 0.5) is 0 Å². The summed E-state index contributed by atoms with van der Waals surface area (Å²) in [6.45, 7) is 0. The van der Waals surface area contributed by atoms with E-state index in [-0.39, 0.29) is 0 Å². The first-order valence-corrected chi connectivity index (χ1v) is 6.42. The number of hydrogen-bond acceptors (Lipinski definition) is 2. The molecule has 0 saturated heterocycles. The molecule has 0 radical (unpaired) electrons. The lowest BCUT2D eigenvalue weighted by atomic mass is 10.3. The Bertz CT molecular complexity index is 529. The van der Waals surface area contributed by atoms with Crippen LogP contribution in [0.25, 0.3) is 0 Å². The van der Waals surface area contributed by atoms with Crippen LogP contribution < -0.4 is 9.47 Å². The fourth-order valence-electron chi connectivity index (χ4n) is 1.38. The summed E-state index contributed by atoms with van der Waals surface area (Å²) in [5.41, 5.74) is 0. The summed E-state index contributed by atoms with van der Waals surface area (Å²) in [6, 6.07) is 13.0. The molecule has 2 nitrogen and oxygen atoms in total. The van der Waals surface area contributed by atoms with Crippen LogP contribution in [0.2, 0.25) is 5.02 Å². The number of ether oxygens (including phenoxy) is 2. The Hall–Kier alpha value is -0.940. The fraction of sp³-hybridized carbons (Fsp3) is 0.0769. The second-order valence-corrected chi connectivity index (χ2v) is 4.85. The van der Waals surface area contributed by atoms with Gasteiger partial charge < -0.3 is 9.47 Å². The summed E-state index contributed by atoms with van der Waals surface area (Å²) in [5.74, 6) is 2.26. The molecule has 0 atom stereocenters. The minimum absolute atomic E-state index is 0.653. The third kappa shape index (κ3) is 3.04. The van der Waals surface area contributed by atoms with Gasteiger partial charge in [-0.1, -0.05) is 23.7 Å². The summed E-state index contributed by atoms with van der Waals surface area (Å²) < 4.78 is 11.9. The lowest BCUT2D eigenvalue weighted by molar-refractivity contribution is 0.404. The summed E-state index contributed by atoms with van der Waals surface area (Å²) in [4.78, 5) is 0. The zero-order chi connectivity index (χ0) is 12.3. The van der Waals surface area contributed by atoms with Crippen molar-refractivity contribution in [3.63, 3.8) is 0 Å². The van der Waals surface area contributed by atoms with Gasteiger partial charge in [0.25, 0.3) is 0 Å². The summed E-state index contributed by atoms with van der Waals surface area (Å²) >= 11 is 8.10. The van der Waals surface area contributed by atoms with E-state index in [9.17, 15) is 0 Å². The standard InChI is InChI=1S/C13H10ClIO2/c1-16-11-6-3-7-12(13(11)15)17-10-5-2-4-9(14)8-10/h2-8H,1H3. The first kappa shape index (κ1) is 12.5. The van der Waals surface area contributed by atoms with E-state index in [0.717, 1.165) is 15.1 Å². The van der Waals surface area contributed by atoms with Crippen LogP contribution in [0.3, 0.4) is 0 Å². The van der Waals surface area contributed by atoms with Crippen molar-refractivity contribution in [2.75, 3.05) is 7.11 Å². The predicted molar refractivity (Wildman–Crippen MR) is 77.2 cm³/mol. The van der Waals surface area contributed by atoms with Gasteiger partial charge in [-0.3, -0.25) is 0 Å². The number of hydrogen-bond donors (Lipinski definition) is 0. The molecule has 0 fully saturated rings. The van der Waals surface area contributed by atoms with Gasteiger partial charge in [0.2, 0.25) is 0 Å². The first-order chi connectivity index (χ1) is 8.20. The molecule has 4 heteroatoms. The number of rotatable bonds is 3. The minimum Gasteiger partial charge on any atom is -0.496 e. The van der Waals surface area contributed by atoms with Gasteiger partial charge in [-0.05, 0) is 52.9 Å². The lowest BCUT2D eigenvalue weighted by Gasteiger charge is -2.10. The van der Waals surface area contributed by atoms with Crippen molar-refractivity contribution in [2.24, 2.45) is 0 Å². The number of benzene rings is 2. The van der Waals surface area contributed by atoms with Crippen molar-refractivity contribution in [3.8, 4) is 17.2 Å². The molecule has 2 aromatic carbocycles. The monoisotopic (exact) mass is 360 g/mol. The maximum absolute atomic E-state index is 5.90. The maximum atomic E-state index is 5.90. The SMILES string of the molecule is COc1cccc(Oc2cccc(Cl)c2)c1I. The topological polar surface area (TPSA) is 18.5 Å². The molecule has 0 saturated carbocycles. The van der Waals surface area contributed by atoms with Crippen LogP contribution >= 0.6 is 34.2 Å². The van der Waals surface area contributed by atoms with Gasteiger partial charge in [0.1, 0.15) is 17.2 Å². The van der Waals surface area contributed by atoms with Crippen LogP contribution in [0.5, 0.6) is 17.2 Å². The van der Waals surface area contributed by atoms with Crippen LogP contribution in [-0.4, -0.2) is 7.11 Å². The molecule has 0 aliphatic rings. The average molecular weight is 361 g/mol.